The Kier molecular flexibility index (Phi) is 3.76. The fraction of sp³-hybridized carbons (Fsp3) is 0.333. The SMILES string of the molecule is CCSc1cc(OC)ccc1Cl. The Morgan fingerprint density at radius 1 is 1.50 bits per heavy atom. The van der Waals surface area contributed by atoms with E-state index in [4.69, 9.17) is 16.3 Å². The van der Waals surface area contributed by atoms with E-state index in [0.717, 1.165) is 21.4 Å². The molecule has 0 saturated heterocycles. The summed E-state index contributed by atoms with van der Waals surface area (Å²) in [5.41, 5.74) is 0. The number of benzene rings is 1. The first-order chi connectivity index (χ1) is 5.77. The molecule has 3 heteroatoms. The van der Waals surface area contributed by atoms with Gasteiger partial charge < -0.3 is 4.74 Å². The van der Waals surface area contributed by atoms with Crippen LogP contribution in [0.3, 0.4) is 0 Å². The van der Waals surface area contributed by atoms with Crippen molar-refractivity contribution < 1.29 is 4.74 Å². The Morgan fingerprint density at radius 3 is 2.83 bits per heavy atom. The van der Waals surface area contributed by atoms with Gasteiger partial charge in [-0.15, -0.1) is 11.8 Å². The Morgan fingerprint density at radius 2 is 2.25 bits per heavy atom. The third kappa shape index (κ3) is 2.32. The van der Waals surface area contributed by atoms with Crippen molar-refractivity contribution in [1.29, 1.82) is 0 Å². The molecular formula is C9H11ClOS. The molecule has 0 heterocycles. The molecular weight excluding hydrogens is 192 g/mol. The lowest BCUT2D eigenvalue weighted by Crippen LogP contribution is -1.83. The lowest BCUT2D eigenvalue weighted by molar-refractivity contribution is 0.413. The van der Waals surface area contributed by atoms with Crippen LogP contribution in [0.4, 0.5) is 0 Å². The molecule has 0 amide bonds. The third-order valence-electron chi connectivity index (χ3n) is 1.44. The molecule has 0 radical (unpaired) electrons. The van der Waals surface area contributed by atoms with Crippen LogP contribution in [0.5, 0.6) is 5.75 Å². The van der Waals surface area contributed by atoms with Crippen LogP contribution in [-0.2, 0) is 0 Å². The molecule has 0 aliphatic carbocycles. The molecule has 0 saturated carbocycles. The van der Waals surface area contributed by atoms with E-state index < -0.39 is 0 Å². The van der Waals surface area contributed by atoms with Gasteiger partial charge in [-0.25, -0.2) is 0 Å². The summed E-state index contributed by atoms with van der Waals surface area (Å²) in [5.74, 6) is 1.88. The second-order valence-corrected chi connectivity index (χ2v) is 3.94. The molecule has 1 nitrogen and oxygen atoms in total. The van der Waals surface area contributed by atoms with E-state index in [-0.39, 0.29) is 0 Å². The molecule has 0 fully saturated rings. The molecule has 0 aromatic heterocycles. The predicted octanol–water partition coefficient (Wildman–Crippen LogP) is 3.46. The number of thioether (sulfide) groups is 1. The minimum Gasteiger partial charge on any atom is -0.497 e. The van der Waals surface area contributed by atoms with Crippen LogP contribution in [-0.4, -0.2) is 12.9 Å². The molecule has 0 bridgehead atoms. The average Bonchev–Trinajstić information content (AvgIpc) is 2.09. The molecule has 1 rings (SSSR count). The van der Waals surface area contributed by atoms with E-state index in [9.17, 15) is 0 Å². The van der Waals surface area contributed by atoms with Crippen molar-refractivity contribution in [3.8, 4) is 5.75 Å². The molecule has 0 atom stereocenters. The minimum absolute atomic E-state index is 0.794. The van der Waals surface area contributed by atoms with Crippen LogP contribution in [0.25, 0.3) is 0 Å². The molecule has 66 valence electrons. The van der Waals surface area contributed by atoms with Gasteiger partial charge in [0.2, 0.25) is 0 Å². The first-order valence-corrected chi connectivity index (χ1v) is 5.10. The van der Waals surface area contributed by atoms with Crippen LogP contribution in [0, 0.1) is 0 Å². The Labute approximate surface area is 82.1 Å². The Bertz CT molecular complexity index is 263. The Hall–Kier alpha value is -0.340. The highest BCUT2D eigenvalue weighted by atomic mass is 35.5. The number of ether oxygens (including phenoxy) is 1. The summed E-state index contributed by atoms with van der Waals surface area (Å²) in [6.45, 7) is 2.10. The summed E-state index contributed by atoms with van der Waals surface area (Å²) in [7, 11) is 1.66. The van der Waals surface area contributed by atoms with Gasteiger partial charge in [0.15, 0.2) is 0 Å². The maximum absolute atomic E-state index is 5.96. The van der Waals surface area contributed by atoms with Gasteiger partial charge in [-0.05, 0) is 24.0 Å². The minimum atomic E-state index is 0.794. The topological polar surface area (TPSA) is 9.23 Å². The van der Waals surface area contributed by atoms with Crippen LogP contribution in [0.1, 0.15) is 6.92 Å². The zero-order chi connectivity index (χ0) is 8.97. The van der Waals surface area contributed by atoms with Crippen molar-refractivity contribution >= 4 is 23.4 Å². The second kappa shape index (κ2) is 4.63. The van der Waals surface area contributed by atoms with Crippen molar-refractivity contribution in [2.24, 2.45) is 0 Å². The second-order valence-electron chi connectivity index (χ2n) is 2.23. The van der Waals surface area contributed by atoms with Gasteiger partial charge in [0.05, 0.1) is 12.1 Å². The molecule has 0 N–H and O–H groups in total. The predicted molar refractivity (Wildman–Crippen MR) is 54.4 cm³/mol. The lowest BCUT2D eigenvalue weighted by Gasteiger charge is -2.04. The van der Waals surface area contributed by atoms with Crippen molar-refractivity contribution in [2.75, 3.05) is 12.9 Å². The zero-order valence-corrected chi connectivity index (χ0v) is 8.71. The van der Waals surface area contributed by atoms with E-state index in [1.54, 1.807) is 18.9 Å². The summed E-state index contributed by atoms with van der Waals surface area (Å²) < 4.78 is 5.08. The summed E-state index contributed by atoms with van der Waals surface area (Å²) in [4.78, 5) is 1.08. The summed E-state index contributed by atoms with van der Waals surface area (Å²) >= 11 is 7.68. The van der Waals surface area contributed by atoms with Gasteiger partial charge in [0.1, 0.15) is 5.75 Å². The van der Waals surface area contributed by atoms with E-state index in [1.165, 1.54) is 0 Å². The maximum atomic E-state index is 5.96. The van der Waals surface area contributed by atoms with E-state index >= 15 is 0 Å². The smallest absolute Gasteiger partial charge is 0.120 e. The van der Waals surface area contributed by atoms with E-state index in [0.29, 0.717) is 0 Å². The number of hydrogen-bond donors (Lipinski definition) is 0. The largest absolute Gasteiger partial charge is 0.497 e. The van der Waals surface area contributed by atoms with Gasteiger partial charge in [-0.3, -0.25) is 0 Å². The van der Waals surface area contributed by atoms with Gasteiger partial charge in [0, 0.05) is 4.90 Å². The quantitative estimate of drug-likeness (QED) is 0.695. The van der Waals surface area contributed by atoms with Gasteiger partial charge >= 0.3 is 0 Å². The highest BCUT2D eigenvalue weighted by molar-refractivity contribution is 7.99. The van der Waals surface area contributed by atoms with Crippen molar-refractivity contribution in [3.63, 3.8) is 0 Å². The number of hydrogen-bond acceptors (Lipinski definition) is 2. The standard InChI is InChI=1S/C9H11ClOS/c1-3-12-9-6-7(11-2)4-5-8(9)10/h4-6H,3H2,1-2H3. The monoisotopic (exact) mass is 202 g/mol. The molecule has 1 aromatic rings. The fourth-order valence-corrected chi connectivity index (χ4v) is 1.87. The van der Waals surface area contributed by atoms with Gasteiger partial charge in [-0.1, -0.05) is 18.5 Å². The Balaban J connectivity index is 2.91. The van der Waals surface area contributed by atoms with Crippen LogP contribution < -0.4 is 4.74 Å². The fourth-order valence-electron chi connectivity index (χ4n) is 0.877. The summed E-state index contributed by atoms with van der Waals surface area (Å²) in [5, 5.41) is 0.794. The van der Waals surface area contributed by atoms with E-state index in [2.05, 4.69) is 6.92 Å². The molecule has 12 heavy (non-hydrogen) atoms. The highest BCUT2D eigenvalue weighted by Crippen LogP contribution is 2.30. The summed E-state index contributed by atoms with van der Waals surface area (Å²) in [6.07, 6.45) is 0. The van der Waals surface area contributed by atoms with Crippen LogP contribution in [0.15, 0.2) is 23.1 Å². The average molecular weight is 203 g/mol. The number of methoxy groups -OCH3 is 1. The third-order valence-corrected chi connectivity index (χ3v) is 2.82. The molecule has 0 spiro atoms. The van der Waals surface area contributed by atoms with Gasteiger partial charge in [0.25, 0.3) is 0 Å². The highest BCUT2D eigenvalue weighted by Gasteiger charge is 2.01. The number of rotatable bonds is 3. The molecule has 0 unspecified atom stereocenters. The van der Waals surface area contributed by atoms with Crippen LogP contribution in [0.2, 0.25) is 5.02 Å². The first-order valence-electron chi connectivity index (χ1n) is 3.74. The molecule has 0 aliphatic heterocycles. The number of halogens is 1. The van der Waals surface area contributed by atoms with Crippen molar-refractivity contribution in [3.05, 3.63) is 23.2 Å². The lowest BCUT2D eigenvalue weighted by atomic mass is 10.3. The summed E-state index contributed by atoms with van der Waals surface area (Å²) in [6, 6.07) is 5.68. The van der Waals surface area contributed by atoms with E-state index in [1.807, 2.05) is 18.2 Å². The van der Waals surface area contributed by atoms with Crippen molar-refractivity contribution in [1.82, 2.24) is 0 Å². The zero-order valence-electron chi connectivity index (χ0n) is 7.13. The van der Waals surface area contributed by atoms with Gasteiger partial charge in [-0.2, -0.15) is 0 Å². The first kappa shape index (κ1) is 9.75. The maximum Gasteiger partial charge on any atom is 0.120 e. The molecule has 1 aromatic carbocycles. The van der Waals surface area contributed by atoms with Crippen molar-refractivity contribution in [2.45, 2.75) is 11.8 Å². The normalized spacial score (nSPS) is 9.92. The van der Waals surface area contributed by atoms with Crippen LogP contribution >= 0.6 is 23.4 Å². The molecule has 0 aliphatic rings.